The van der Waals surface area contributed by atoms with Crippen LogP contribution >= 0.6 is 0 Å². The minimum Gasteiger partial charge on any atom is -0.478 e. The summed E-state index contributed by atoms with van der Waals surface area (Å²) in [4.78, 5) is 10.3. The van der Waals surface area contributed by atoms with Crippen molar-refractivity contribution in [3.63, 3.8) is 0 Å². The van der Waals surface area contributed by atoms with Crippen LogP contribution in [0, 0.1) is 18.6 Å². The first kappa shape index (κ1) is 16.6. The topological polar surface area (TPSA) is 38.2 Å². The fraction of sp³-hybridized carbons (Fsp3) is 0.444. The van der Waals surface area contributed by atoms with Gasteiger partial charge in [-0.1, -0.05) is 6.92 Å². The molecule has 1 aromatic heterocycles. The largest absolute Gasteiger partial charge is 0.478 e. The van der Waals surface area contributed by atoms with E-state index in [0.717, 1.165) is 19.3 Å². The van der Waals surface area contributed by atoms with Crippen molar-refractivity contribution >= 4 is 5.69 Å². The molecule has 6 heteroatoms. The lowest BCUT2D eigenvalue weighted by atomic mass is 10.1. The Hall–Kier alpha value is -2.24. The average Bonchev–Trinajstić information content (AvgIpc) is 3.05. The van der Waals surface area contributed by atoms with Gasteiger partial charge in [0.25, 0.3) is 0 Å². The van der Waals surface area contributed by atoms with E-state index in [1.54, 1.807) is 17.9 Å². The summed E-state index contributed by atoms with van der Waals surface area (Å²) in [5, 5.41) is 0. The van der Waals surface area contributed by atoms with Crippen molar-refractivity contribution in [1.29, 1.82) is 0 Å². The maximum absolute atomic E-state index is 14.5. The van der Waals surface area contributed by atoms with E-state index in [2.05, 4.69) is 9.97 Å². The Kier molecular flexibility index (Phi) is 4.92. The highest BCUT2D eigenvalue weighted by molar-refractivity contribution is 5.62. The van der Waals surface area contributed by atoms with Crippen LogP contribution in [0.5, 0.6) is 5.88 Å². The van der Waals surface area contributed by atoms with Gasteiger partial charge in [-0.05, 0) is 38.3 Å². The second kappa shape index (κ2) is 7.11. The first-order valence-electron chi connectivity index (χ1n) is 8.31. The van der Waals surface area contributed by atoms with Gasteiger partial charge in [-0.3, -0.25) is 0 Å². The normalized spacial score (nSPS) is 14.2. The van der Waals surface area contributed by atoms with Crippen molar-refractivity contribution < 1.29 is 13.5 Å². The molecule has 1 fully saturated rings. The molecule has 2 aromatic rings. The number of halogens is 2. The van der Waals surface area contributed by atoms with Gasteiger partial charge in [-0.15, -0.1) is 0 Å². The third-order valence-electron chi connectivity index (χ3n) is 3.98. The molecule has 0 aliphatic carbocycles. The molecule has 128 valence electrons. The van der Waals surface area contributed by atoms with Crippen LogP contribution < -0.4 is 9.64 Å². The van der Waals surface area contributed by atoms with Crippen LogP contribution in [-0.2, 0) is 0 Å². The zero-order valence-electron chi connectivity index (χ0n) is 14.0. The van der Waals surface area contributed by atoms with Crippen LogP contribution in [0.2, 0.25) is 0 Å². The molecule has 24 heavy (non-hydrogen) atoms. The zero-order valence-corrected chi connectivity index (χ0v) is 14.0. The molecule has 0 radical (unpaired) electrons. The van der Waals surface area contributed by atoms with Gasteiger partial charge in [0.15, 0.2) is 5.82 Å². The van der Waals surface area contributed by atoms with Crippen LogP contribution in [0.15, 0.2) is 18.2 Å². The minimum absolute atomic E-state index is 0.0476. The summed E-state index contributed by atoms with van der Waals surface area (Å²) in [6.45, 7) is 5.70. The molecular weight excluding hydrogens is 312 g/mol. The summed E-state index contributed by atoms with van der Waals surface area (Å²) in [6.07, 6.45) is 2.77. The molecule has 0 unspecified atom stereocenters. The third kappa shape index (κ3) is 3.47. The lowest BCUT2D eigenvalue weighted by Gasteiger charge is -2.19. The highest BCUT2D eigenvalue weighted by Gasteiger charge is 2.22. The monoisotopic (exact) mass is 333 g/mol. The zero-order chi connectivity index (χ0) is 17.1. The molecule has 1 aliphatic rings. The van der Waals surface area contributed by atoms with Crippen LogP contribution in [0.25, 0.3) is 11.4 Å². The van der Waals surface area contributed by atoms with Gasteiger partial charge >= 0.3 is 0 Å². The molecule has 0 atom stereocenters. The number of nitrogens with zero attached hydrogens (tertiary/aromatic N) is 3. The summed E-state index contributed by atoms with van der Waals surface area (Å²) in [6, 6.07) is 4.31. The van der Waals surface area contributed by atoms with Gasteiger partial charge in [0.2, 0.25) is 5.88 Å². The molecule has 0 bridgehead atoms. The smallest absolute Gasteiger partial charge is 0.217 e. The average molecular weight is 333 g/mol. The number of hydrogen-bond acceptors (Lipinski definition) is 4. The van der Waals surface area contributed by atoms with Crippen molar-refractivity contribution in [2.45, 2.75) is 33.1 Å². The molecule has 3 rings (SSSR count). The van der Waals surface area contributed by atoms with Gasteiger partial charge in [-0.2, -0.15) is 4.98 Å². The summed E-state index contributed by atoms with van der Waals surface area (Å²) in [7, 11) is 0. The molecule has 4 nitrogen and oxygen atoms in total. The second-order valence-corrected chi connectivity index (χ2v) is 6.00. The number of anilines is 1. The molecule has 0 N–H and O–H groups in total. The van der Waals surface area contributed by atoms with Crippen LogP contribution in [0.4, 0.5) is 14.5 Å². The fourth-order valence-electron chi connectivity index (χ4n) is 2.89. The predicted molar refractivity (Wildman–Crippen MR) is 89.4 cm³/mol. The van der Waals surface area contributed by atoms with E-state index in [1.165, 1.54) is 12.1 Å². The maximum atomic E-state index is 14.5. The number of ether oxygens (including phenoxy) is 1. The van der Waals surface area contributed by atoms with E-state index in [0.29, 0.717) is 36.8 Å². The van der Waals surface area contributed by atoms with E-state index >= 15 is 0 Å². The van der Waals surface area contributed by atoms with Gasteiger partial charge in [0.1, 0.15) is 17.3 Å². The first-order valence-corrected chi connectivity index (χ1v) is 8.31. The molecule has 0 spiro atoms. The summed E-state index contributed by atoms with van der Waals surface area (Å²) >= 11 is 0. The number of aryl methyl sites for hydroxylation is 1. The van der Waals surface area contributed by atoms with Crippen LogP contribution in [0.3, 0.4) is 0 Å². The Bertz CT molecular complexity index is 707. The van der Waals surface area contributed by atoms with Crippen molar-refractivity contribution in [3.8, 4) is 17.3 Å². The third-order valence-corrected chi connectivity index (χ3v) is 3.98. The Morgan fingerprint density at radius 2 is 1.75 bits per heavy atom. The number of rotatable bonds is 5. The summed E-state index contributed by atoms with van der Waals surface area (Å²) in [5.41, 5.74) is 1.06. The van der Waals surface area contributed by atoms with Gasteiger partial charge < -0.3 is 9.64 Å². The Balaban J connectivity index is 1.96. The van der Waals surface area contributed by atoms with Crippen LogP contribution in [0.1, 0.15) is 31.9 Å². The molecular formula is C18H21F2N3O. The molecule has 1 aliphatic heterocycles. The summed E-state index contributed by atoms with van der Waals surface area (Å²) < 4.78 is 34.5. The Morgan fingerprint density at radius 1 is 1.08 bits per heavy atom. The van der Waals surface area contributed by atoms with Gasteiger partial charge in [0, 0.05) is 30.4 Å². The lowest BCUT2D eigenvalue weighted by Crippen LogP contribution is -2.20. The Morgan fingerprint density at radius 3 is 2.38 bits per heavy atom. The molecule has 2 heterocycles. The van der Waals surface area contributed by atoms with E-state index in [-0.39, 0.29) is 11.5 Å². The molecule has 0 amide bonds. The fourth-order valence-corrected chi connectivity index (χ4v) is 2.89. The second-order valence-electron chi connectivity index (χ2n) is 6.00. The van der Waals surface area contributed by atoms with Crippen molar-refractivity contribution in [2.24, 2.45) is 0 Å². The molecule has 1 saturated heterocycles. The molecule has 0 saturated carbocycles. The van der Waals surface area contributed by atoms with Gasteiger partial charge in [-0.25, -0.2) is 13.8 Å². The maximum Gasteiger partial charge on any atom is 0.217 e. The first-order chi connectivity index (χ1) is 11.6. The number of aromatic nitrogens is 2. The minimum atomic E-state index is -0.576. The van der Waals surface area contributed by atoms with Crippen molar-refractivity contribution in [3.05, 3.63) is 35.5 Å². The highest BCUT2D eigenvalue weighted by atomic mass is 19.1. The van der Waals surface area contributed by atoms with E-state index in [9.17, 15) is 8.78 Å². The highest BCUT2D eigenvalue weighted by Crippen LogP contribution is 2.31. The van der Waals surface area contributed by atoms with Crippen molar-refractivity contribution in [2.75, 3.05) is 24.6 Å². The lowest BCUT2D eigenvalue weighted by molar-refractivity contribution is 0.305. The standard InChI is InChI=1S/C18H21F2N3O/c1-3-8-24-16-9-12(2)21-18(22-16)13-10-14(19)17(15(20)11-13)23-6-4-5-7-23/h9-11H,3-8H2,1-2H3. The predicted octanol–water partition coefficient (Wildman–Crippen LogP) is 4.12. The van der Waals surface area contributed by atoms with E-state index in [4.69, 9.17) is 4.74 Å². The number of hydrogen-bond donors (Lipinski definition) is 0. The quantitative estimate of drug-likeness (QED) is 0.825. The van der Waals surface area contributed by atoms with Crippen LogP contribution in [-0.4, -0.2) is 29.7 Å². The van der Waals surface area contributed by atoms with Gasteiger partial charge in [0.05, 0.1) is 6.61 Å². The SMILES string of the molecule is CCCOc1cc(C)nc(-c2cc(F)c(N3CCCC3)c(F)c2)n1. The Labute approximate surface area is 140 Å². The molecule has 1 aromatic carbocycles. The van der Waals surface area contributed by atoms with Crippen molar-refractivity contribution in [1.82, 2.24) is 9.97 Å². The van der Waals surface area contributed by atoms with E-state index < -0.39 is 11.6 Å². The number of benzene rings is 1. The summed E-state index contributed by atoms with van der Waals surface area (Å²) in [5.74, 6) is -0.461. The van der Waals surface area contributed by atoms with E-state index in [1.807, 2.05) is 6.92 Å².